The first-order valence-electron chi connectivity index (χ1n) is 6.42. The smallest absolute Gasteiger partial charge is 0.204 e. The van der Waals surface area contributed by atoms with E-state index < -0.39 is 0 Å². The van der Waals surface area contributed by atoms with Gasteiger partial charge in [0.05, 0.1) is 11.6 Å². The average molecular weight is 276 g/mol. The van der Waals surface area contributed by atoms with Crippen LogP contribution in [-0.4, -0.2) is 20.6 Å². The van der Waals surface area contributed by atoms with E-state index in [-0.39, 0.29) is 0 Å². The quantitative estimate of drug-likeness (QED) is 0.763. The second kappa shape index (κ2) is 5.84. The molecule has 0 bridgehead atoms. The lowest BCUT2D eigenvalue weighted by Gasteiger charge is -2.07. The summed E-state index contributed by atoms with van der Waals surface area (Å²) in [4.78, 5) is 0. The van der Waals surface area contributed by atoms with Crippen LogP contribution < -0.4 is 5.32 Å². The van der Waals surface area contributed by atoms with Gasteiger partial charge < -0.3 is 5.32 Å². The van der Waals surface area contributed by atoms with E-state index in [4.69, 9.17) is 5.26 Å². The molecule has 2 aromatic carbocycles. The van der Waals surface area contributed by atoms with Gasteiger partial charge in [-0.3, -0.25) is 0 Å². The van der Waals surface area contributed by atoms with Crippen LogP contribution in [0.5, 0.6) is 0 Å². The van der Waals surface area contributed by atoms with Crippen LogP contribution in [0.1, 0.15) is 11.1 Å². The van der Waals surface area contributed by atoms with Gasteiger partial charge in [-0.1, -0.05) is 24.3 Å². The Kier molecular flexibility index (Phi) is 3.56. The second-order valence-corrected chi connectivity index (χ2v) is 4.48. The highest BCUT2D eigenvalue weighted by Crippen LogP contribution is 2.19. The summed E-state index contributed by atoms with van der Waals surface area (Å²) in [7, 11) is 0. The summed E-state index contributed by atoms with van der Waals surface area (Å²) in [5.74, 6) is 0.560. The fourth-order valence-electron chi connectivity index (χ4n) is 2.01. The van der Waals surface area contributed by atoms with Crippen LogP contribution in [0.2, 0.25) is 0 Å². The van der Waals surface area contributed by atoms with Crippen molar-refractivity contribution in [2.75, 3.05) is 5.32 Å². The molecule has 6 heteroatoms. The molecule has 1 aromatic heterocycles. The number of nitrogens with one attached hydrogen (secondary N) is 2. The van der Waals surface area contributed by atoms with Crippen LogP contribution in [-0.2, 0) is 6.54 Å². The van der Waals surface area contributed by atoms with Crippen LogP contribution in [0.15, 0.2) is 48.5 Å². The molecule has 0 saturated carbocycles. The standard InChI is InChI=1S/C15H12N6/c16-9-11-3-1-4-12(7-11)10-17-14-6-2-5-13(8-14)15-18-20-21-19-15/h1-8,17H,10H2,(H,18,19,20,21). The minimum Gasteiger partial charge on any atom is -0.381 e. The predicted octanol–water partition coefficient (Wildman–Crippen LogP) is 2.35. The molecule has 0 aliphatic heterocycles. The third-order valence-corrected chi connectivity index (χ3v) is 3.02. The predicted molar refractivity (Wildman–Crippen MR) is 78.1 cm³/mol. The molecule has 0 amide bonds. The number of tetrazole rings is 1. The molecule has 0 unspecified atom stereocenters. The van der Waals surface area contributed by atoms with Gasteiger partial charge in [-0.15, -0.1) is 10.2 Å². The molecular formula is C15H12N6. The normalized spacial score (nSPS) is 10.0. The van der Waals surface area contributed by atoms with Crippen LogP contribution in [0.25, 0.3) is 11.4 Å². The molecule has 0 saturated heterocycles. The van der Waals surface area contributed by atoms with Gasteiger partial charge in [0.15, 0.2) is 0 Å². The third-order valence-electron chi connectivity index (χ3n) is 3.02. The van der Waals surface area contributed by atoms with Crippen molar-refractivity contribution in [3.05, 3.63) is 59.7 Å². The van der Waals surface area contributed by atoms with Crippen LogP contribution in [0.4, 0.5) is 5.69 Å². The topological polar surface area (TPSA) is 90.3 Å². The molecule has 102 valence electrons. The number of H-pyrrole nitrogens is 1. The fraction of sp³-hybridized carbons (Fsp3) is 0.0667. The van der Waals surface area contributed by atoms with Crippen molar-refractivity contribution in [2.45, 2.75) is 6.54 Å². The van der Waals surface area contributed by atoms with E-state index in [0.717, 1.165) is 16.8 Å². The van der Waals surface area contributed by atoms with Crippen LogP contribution in [0, 0.1) is 11.3 Å². The zero-order valence-electron chi connectivity index (χ0n) is 11.1. The Bertz CT molecular complexity index is 773. The van der Waals surface area contributed by atoms with Crippen molar-refractivity contribution < 1.29 is 0 Å². The second-order valence-electron chi connectivity index (χ2n) is 4.48. The molecular weight excluding hydrogens is 264 g/mol. The maximum Gasteiger partial charge on any atom is 0.204 e. The summed E-state index contributed by atoms with van der Waals surface area (Å²) < 4.78 is 0. The lowest BCUT2D eigenvalue weighted by molar-refractivity contribution is 0.881. The largest absolute Gasteiger partial charge is 0.381 e. The van der Waals surface area contributed by atoms with E-state index in [9.17, 15) is 0 Å². The van der Waals surface area contributed by atoms with Gasteiger partial charge in [0, 0.05) is 17.8 Å². The first-order chi connectivity index (χ1) is 10.3. The third kappa shape index (κ3) is 3.04. The van der Waals surface area contributed by atoms with Crippen molar-refractivity contribution in [2.24, 2.45) is 0 Å². The van der Waals surface area contributed by atoms with Gasteiger partial charge in [0.2, 0.25) is 5.82 Å². The Balaban J connectivity index is 1.73. The van der Waals surface area contributed by atoms with Crippen LogP contribution >= 0.6 is 0 Å². The molecule has 0 fully saturated rings. The number of anilines is 1. The molecule has 0 atom stereocenters. The number of rotatable bonds is 4. The zero-order chi connectivity index (χ0) is 14.5. The van der Waals surface area contributed by atoms with E-state index in [2.05, 4.69) is 32.0 Å². The number of aromatic nitrogens is 4. The maximum atomic E-state index is 8.90. The van der Waals surface area contributed by atoms with Crippen LogP contribution in [0.3, 0.4) is 0 Å². The van der Waals surface area contributed by atoms with Crippen molar-refractivity contribution in [3.8, 4) is 17.5 Å². The first kappa shape index (κ1) is 12.8. The average Bonchev–Trinajstić information content (AvgIpc) is 3.08. The number of aromatic amines is 1. The molecule has 0 spiro atoms. The Morgan fingerprint density at radius 3 is 2.86 bits per heavy atom. The maximum absolute atomic E-state index is 8.90. The molecule has 3 rings (SSSR count). The lowest BCUT2D eigenvalue weighted by atomic mass is 10.1. The van der Waals surface area contributed by atoms with E-state index in [1.54, 1.807) is 6.07 Å². The summed E-state index contributed by atoms with van der Waals surface area (Å²) in [5.41, 5.74) is 3.56. The molecule has 0 aliphatic carbocycles. The van der Waals surface area contributed by atoms with Gasteiger partial charge in [-0.05, 0) is 35.0 Å². The first-order valence-corrected chi connectivity index (χ1v) is 6.42. The molecule has 2 N–H and O–H groups in total. The van der Waals surface area contributed by atoms with Gasteiger partial charge >= 0.3 is 0 Å². The Hall–Kier alpha value is -3.20. The van der Waals surface area contributed by atoms with Crippen molar-refractivity contribution in [1.29, 1.82) is 5.26 Å². The summed E-state index contributed by atoms with van der Waals surface area (Å²) >= 11 is 0. The molecule has 1 heterocycles. The highest BCUT2D eigenvalue weighted by Gasteiger charge is 2.03. The number of hydrogen-bond acceptors (Lipinski definition) is 5. The Morgan fingerprint density at radius 1 is 1.14 bits per heavy atom. The van der Waals surface area contributed by atoms with Gasteiger partial charge in [0.25, 0.3) is 0 Å². The minimum atomic E-state index is 0.560. The summed E-state index contributed by atoms with van der Waals surface area (Å²) in [5, 5.41) is 26.1. The minimum absolute atomic E-state index is 0.560. The summed E-state index contributed by atoms with van der Waals surface area (Å²) in [6, 6.07) is 17.4. The molecule has 21 heavy (non-hydrogen) atoms. The molecule has 0 radical (unpaired) electrons. The number of benzene rings is 2. The van der Waals surface area contributed by atoms with E-state index in [1.165, 1.54) is 0 Å². The zero-order valence-corrected chi connectivity index (χ0v) is 11.1. The highest BCUT2D eigenvalue weighted by molar-refractivity contribution is 5.61. The van der Waals surface area contributed by atoms with E-state index in [1.807, 2.05) is 42.5 Å². The highest BCUT2D eigenvalue weighted by atomic mass is 15.5. The van der Waals surface area contributed by atoms with Crippen molar-refractivity contribution >= 4 is 5.69 Å². The van der Waals surface area contributed by atoms with Gasteiger partial charge in [-0.2, -0.15) is 10.5 Å². The van der Waals surface area contributed by atoms with E-state index in [0.29, 0.717) is 17.9 Å². The Labute approximate surface area is 121 Å². The number of nitriles is 1. The van der Waals surface area contributed by atoms with Crippen molar-refractivity contribution in [1.82, 2.24) is 20.6 Å². The molecule has 3 aromatic rings. The van der Waals surface area contributed by atoms with Gasteiger partial charge in [0.1, 0.15) is 0 Å². The van der Waals surface area contributed by atoms with E-state index >= 15 is 0 Å². The molecule has 0 aliphatic rings. The summed E-state index contributed by atoms with van der Waals surface area (Å²) in [6.45, 7) is 0.644. The monoisotopic (exact) mass is 276 g/mol. The SMILES string of the molecule is N#Cc1cccc(CNc2cccc(-c3nn[nH]n3)c2)c1. The molecule has 6 nitrogen and oxygen atoms in total. The van der Waals surface area contributed by atoms with Crippen molar-refractivity contribution in [3.63, 3.8) is 0 Å². The lowest BCUT2D eigenvalue weighted by Crippen LogP contribution is -1.99. The van der Waals surface area contributed by atoms with Gasteiger partial charge in [-0.25, -0.2) is 0 Å². The fourth-order valence-corrected chi connectivity index (χ4v) is 2.01. The number of hydrogen-bond donors (Lipinski definition) is 2. The summed E-state index contributed by atoms with van der Waals surface area (Å²) in [6.07, 6.45) is 0. The Morgan fingerprint density at radius 2 is 2.05 bits per heavy atom. The number of nitrogens with zero attached hydrogens (tertiary/aromatic N) is 4.